The van der Waals surface area contributed by atoms with E-state index < -0.39 is 0 Å². The molecule has 16 heavy (non-hydrogen) atoms. The number of ether oxygens (including phenoxy) is 1. The number of benzene rings is 1. The lowest BCUT2D eigenvalue weighted by Crippen LogP contribution is -2.37. The van der Waals surface area contributed by atoms with Gasteiger partial charge in [0, 0.05) is 17.3 Å². The molecule has 1 aromatic carbocycles. The van der Waals surface area contributed by atoms with Gasteiger partial charge in [0.2, 0.25) is 0 Å². The summed E-state index contributed by atoms with van der Waals surface area (Å²) >= 11 is 0. The molecule has 0 heterocycles. The predicted octanol–water partition coefficient (Wildman–Crippen LogP) is 1.32. The van der Waals surface area contributed by atoms with Crippen LogP contribution in [0.3, 0.4) is 0 Å². The van der Waals surface area contributed by atoms with Crippen molar-refractivity contribution in [1.29, 1.82) is 0 Å². The highest BCUT2D eigenvalue weighted by Gasteiger charge is 2.38. The second-order valence-electron chi connectivity index (χ2n) is 4.47. The van der Waals surface area contributed by atoms with Crippen molar-refractivity contribution in [3.8, 4) is 5.75 Å². The van der Waals surface area contributed by atoms with Gasteiger partial charge in [-0.1, -0.05) is 6.07 Å². The fourth-order valence-corrected chi connectivity index (χ4v) is 1.44. The number of rotatable bonds is 4. The maximum atomic E-state index is 11.5. The monoisotopic (exact) mass is 220 g/mol. The Hall–Kier alpha value is -1.71. The number of carbonyl (C=O) groups excluding carboxylic acids is 1. The van der Waals surface area contributed by atoms with Crippen molar-refractivity contribution in [3.05, 3.63) is 24.3 Å². The Morgan fingerprint density at radius 1 is 1.56 bits per heavy atom. The number of anilines is 1. The maximum absolute atomic E-state index is 11.5. The van der Waals surface area contributed by atoms with E-state index >= 15 is 0 Å². The SMILES string of the molecule is CC1(NC(=O)COc2cccc(N)c2)CC1. The van der Waals surface area contributed by atoms with E-state index in [1.54, 1.807) is 24.3 Å². The molecule has 1 aliphatic carbocycles. The normalized spacial score (nSPS) is 16.6. The van der Waals surface area contributed by atoms with Crippen LogP contribution < -0.4 is 15.8 Å². The lowest BCUT2D eigenvalue weighted by molar-refractivity contribution is -0.123. The van der Waals surface area contributed by atoms with Gasteiger partial charge in [-0.05, 0) is 31.9 Å². The molecule has 4 heteroatoms. The van der Waals surface area contributed by atoms with E-state index in [4.69, 9.17) is 10.5 Å². The van der Waals surface area contributed by atoms with Crippen LogP contribution in [0.2, 0.25) is 0 Å². The third-order valence-corrected chi connectivity index (χ3v) is 2.67. The highest BCUT2D eigenvalue weighted by Crippen LogP contribution is 2.34. The second kappa shape index (κ2) is 4.04. The molecule has 2 rings (SSSR count). The third-order valence-electron chi connectivity index (χ3n) is 2.67. The number of amides is 1. The van der Waals surface area contributed by atoms with Crippen LogP contribution in [0.15, 0.2) is 24.3 Å². The smallest absolute Gasteiger partial charge is 0.258 e. The van der Waals surface area contributed by atoms with Gasteiger partial charge in [0.15, 0.2) is 6.61 Å². The molecule has 0 spiro atoms. The topological polar surface area (TPSA) is 64.3 Å². The summed E-state index contributed by atoms with van der Waals surface area (Å²) in [7, 11) is 0. The number of nitrogens with one attached hydrogen (secondary N) is 1. The average molecular weight is 220 g/mol. The molecule has 0 aliphatic heterocycles. The Morgan fingerprint density at radius 3 is 2.94 bits per heavy atom. The van der Waals surface area contributed by atoms with Crippen LogP contribution in [0.25, 0.3) is 0 Å². The summed E-state index contributed by atoms with van der Waals surface area (Å²) in [5.41, 5.74) is 6.24. The number of nitrogens with two attached hydrogens (primary N) is 1. The second-order valence-corrected chi connectivity index (χ2v) is 4.47. The summed E-state index contributed by atoms with van der Waals surface area (Å²) in [6.45, 7) is 2.07. The Morgan fingerprint density at radius 2 is 2.31 bits per heavy atom. The van der Waals surface area contributed by atoms with E-state index in [0.29, 0.717) is 11.4 Å². The fourth-order valence-electron chi connectivity index (χ4n) is 1.44. The summed E-state index contributed by atoms with van der Waals surface area (Å²) < 4.78 is 5.33. The third kappa shape index (κ3) is 2.89. The van der Waals surface area contributed by atoms with Crippen molar-refractivity contribution in [2.24, 2.45) is 0 Å². The molecule has 1 saturated carbocycles. The van der Waals surface area contributed by atoms with Gasteiger partial charge in [0.05, 0.1) is 0 Å². The van der Waals surface area contributed by atoms with E-state index in [0.717, 1.165) is 12.8 Å². The summed E-state index contributed by atoms with van der Waals surface area (Å²) in [5.74, 6) is 0.540. The van der Waals surface area contributed by atoms with E-state index in [2.05, 4.69) is 5.32 Å². The first-order valence-corrected chi connectivity index (χ1v) is 5.37. The molecule has 1 aliphatic rings. The molecule has 0 atom stereocenters. The quantitative estimate of drug-likeness (QED) is 0.752. The van der Waals surface area contributed by atoms with Gasteiger partial charge >= 0.3 is 0 Å². The number of hydrogen-bond donors (Lipinski definition) is 2. The van der Waals surface area contributed by atoms with Gasteiger partial charge in [-0.2, -0.15) is 0 Å². The van der Waals surface area contributed by atoms with Crippen molar-refractivity contribution in [2.45, 2.75) is 25.3 Å². The van der Waals surface area contributed by atoms with Crippen molar-refractivity contribution in [1.82, 2.24) is 5.32 Å². The molecule has 0 aromatic heterocycles. The molecule has 0 unspecified atom stereocenters. The van der Waals surface area contributed by atoms with Gasteiger partial charge in [-0.15, -0.1) is 0 Å². The molecule has 3 N–H and O–H groups in total. The molecule has 0 bridgehead atoms. The molecular weight excluding hydrogens is 204 g/mol. The molecule has 1 aromatic rings. The molecule has 86 valence electrons. The molecule has 1 amide bonds. The molecule has 4 nitrogen and oxygen atoms in total. The van der Waals surface area contributed by atoms with Crippen LogP contribution in [0.4, 0.5) is 5.69 Å². The van der Waals surface area contributed by atoms with Crippen LogP contribution in [-0.4, -0.2) is 18.1 Å². The van der Waals surface area contributed by atoms with Gasteiger partial charge in [-0.3, -0.25) is 4.79 Å². The van der Waals surface area contributed by atoms with Gasteiger partial charge < -0.3 is 15.8 Å². The maximum Gasteiger partial charge on any atom is 0.258 e. The van der Waals surface area contributed by atoms with E-state index in [9.17, 15) is 4.79 Å². The highest BCUT2D eigenvalue weighted by atomic mass is 16.5. The van der Waals surface area contributed by atoms with Gasteiger partial charge in [-0.25, -0.2) is 0 Å². The van der Waals surface area contributed by atoms with Crippen LogP contribution in [0, 0.1) is 0 Å². The minimum absolute atomic E-state index is 0.0101. The summed E-state index contributed by atoms with van der Waals surface area (Å²) in [6, 6.07) is 7.05. The Labute approximate surface area is 94.8 Å². The standard InChI is InChI=1S/C12H16N2O2/c1-12(5-6-12)14-11(15)8-16-10-4-2-3-9(13)7-10/h2-4,7H,5-6,8,13H2,1H3,(H,14,15). The minimum atomic E-state index is -0.0811. The Kier molecular flexibility index (Phi) is 2.73. The highest BCUT2D eigenvalue weighted by molar-refractivity contribution is 5.78. The first-order valence-electron chi connectivity index (χ1n) is 5.37. The molecule has 0 saturated heterocycles. The number of carbonyl (C=O) groups is 1. The molecule has 1 fully saturated rings. The predicted molar refractivity (Wildman–Crippen MR) is 62.1 cm³/mol. The number of hydrogen-bond acceptors (Lipinski definition) is 3. The van der Waals surface area contributed by atoms with Crippen LogP contribution in [0.1, 0.15) is 19.8 Å². The van der Waals surface area contributed by atoms with Crippen molar-refractivity contribution >= 4 is 11.6 Å². The first kappa shape index (κ1) is 10.8. The van der Waals surface area contributed by atoms with Crippen LogP contribution in [-0.2, 0) is 4.79 Å². The van der Waals surface area contributed by atoms with Gasteiger partial charge in [0.25, 0.3) is 5.91 Å². The van der Waals surface area contributed by atoms with Crippen molar-refractivity contribution < 1.29 is 9.53 Å². The fraction of sp³-hybridized carbons (Fsp3) is 0.417. The first-order chi connectivity index (χ1) is 7.57. The summed E-state index contributed by atoms with van der Waals surface area (Å²) in [5, 5.41) is 2.92. The summed E-state index contributed by atoms with van der Waals surface area (Å²) in [6.07, 6.45) is 2.11. The molecule has 0 radical (unpaired) electrons. The average Bonchev–Trinajstić information content (AvgIpc) is 2.93. The Bertz CT molecular complexity index is 400. The van der Waals surface area contributed by atoms with E-state index in [1.165, 1.54) is 0 Å². The largest absolute Gasteiger partial charge is 0.484 e. The Balaban J connectivity index is 1.80. The summed E-state index contributed by atoms with van der Waals surface area (Å²) in [4.78, 5) is 11.5. The van der Waals surface area contributed by atoms with Crippen molar-refractivity contribution in [2.75, 3.05) is 12.3 Å². The lowest BCUT2D eigenvalue weighted by atomic mass is 10.3. The zero-order valence-electron chi connectivity index (χ0n) is 9.32. The van der Waals surface area contributed by atoms with Crippen LogP contribution in [0.5, 0.6) is 5.75 Å². The zero-order valence-corrected chi connectivity index (χ0v) is 9.32. The zero-order chi connectivity index (χ0) is 11.6. The van der Waals surface area contributed by atoms with E-state index in [1.807, 2.05) is 6.92 Å². The van der Waals surface area contributed by atoms with E-state index in [-0.39, 0.29) is 18.1 Å². The molecular formula is C12H16N2O2. The lowest BCUT2D eigenvalue weighted by Gasteiger charge is -2.12. The van der Waals surface area contributed by atoms with Gasteiger partial charge in [0.1, 0.15) is 5.75 Å². The van der Waals surface area contributed by atoms with Crippen molar-refractivity contribution in [3.63, 3.8) is 0 Å². The van der Waals surface area contributed by atoms with Crippen LogP contribution >= 0.6 is 0 Å². The minimum Gasteiger partial charge on any atom is -0.484 e. The number of nitrogen functional groups attached to an aromatic ring is 1.